The molecular weight excluding hydrogens is 344 g/mol. The zero-order chi connectivity index (χ0) is 19.6. The molecule has 2 aromatic carbocycles. The summed E-state index contributed by atoms with van der Waals surface area (Å²) in [5, 5.41) is 4.82. The highest BCUT2D eigenvalue weighted by atomic mass is 16.5. The number of H-pyrrole nitrogens is 1. The maximum absolute atomic E-state index is 12.6. The third-order valence-electron chi connectivity index (χ3n) is 4.47. The molecule has 6 heteroatoms. The summed E-state index contributed by atoms with van der Waals surface area (Å²) in [5.74, 6) is -1.09. The number of carbonyl (C=O) groups is 3. The summed E-state index contributed by atoms with van der Waals surface area (Å²) >= 11 is 0. The molecule has 0 saturated heterocycles. The maximum atomic E-state index is 12.6. The van der Waals surface area contributed by atoms with Crippen LogP contribution in [0.1, 0.15) is 39.0 Å². The van der Waals surface area contributed by atoms with Gasteiger partial charge >= 0.3 is 5.97 Å². The lowest BCUT2D eigenvalue weighted by molar-refractivity contribution is -0.115. The monoisotopic (exact) mass is 364 g/mol. The fraction of sp³-hybridized carbons (Fsp3) is 0.190. The van der Waals surface area contributed by atoms with E-state index in [9.17, 15) is 14.4 Å². The van der Waals surface area contributed by atoms with Crippen LogP contribution in [0.4, 0.5) is 5.69 Å². The second kappa shape index (κ2) is 7.45. The number of benzene rings is 2. The van der Waals surface area contributed by atoms with Gasteiger partial charge in [-0.05, 0) is 23.9 Å². The Balaban J connectivity index is 1.91. The highest BCUT2D eigenvalue weighted by Crippen LogP contribution is 2.24. The SMILES string of the molecule is COC(=O)c1c(CC(=O)Nc2cccc3ccccc23)[nH]c(C(C)=O)c1C. The third-order valence-corrected chi connectivity index (χ3v) is 4.47. The number of hydrogen-bond donors (Lipinski definition) is 2. The van der Waals surface area contributed by atoms with Gasteiger partial charge in [-0.25, -0.2) is 4.79 Å². The van der Waals surface area contributed by atoms with Crippen LogP contribution in [-0.2, 0) is 16.0 Å². The number of rotatable bonds is 5. The Morgan fingerprint density at radius 3 is 2.48 bits per heavy atom. The minimum atomic E-state index is -0.579. The Bertz CT molecular complexity index is 1040. The molecule has 2 N–H and O–H groups in total. The number of amides is 1. The molecule has 3 aromatic rings. The molecule has 0 bridgehead atoms. The van der Waals surface area contributed by atoms with Crippen molar-refractivity contribution in [1.82, 2.24) is 4.98 Å². The van der Waals surface area contributed by atoms with Crippen molar-refractivity contribution in [3.63, 3.8) is 0 Å². The first-order chi connectivity index (χ1) is 12.9. The van der Waals surface area contributed by atoms with Gasteiger partial charge in [-0.1, -0.05) is 36.4 Å². The van der Waals surface area contributed by atoms with E-state index in [0.717, 1.165) is 10.8 Å². The quantitative estimate of drug-likeness (QED) is 0.534. The van der Waals surface area contributed by atoms with Gasteiger partial charge in [-0.15, -0.1) is 0 Å². The molecule has 27 heavy (non-hydrogen) atoms. The number of hydrogen-bond acceptors (Lipinski definition) is 4. The van der Waals surface area contributed by atoms with Gasteiger partial charge in [0.15, 0.2) is 5.78 Å². The molecule has 0 aliphatic heterocycles. The standard InChI is InChI=1S/C21H20N2O4/c1-12-19(21(26)27-3)17(23-20(12)13(2)24)11-18(25)22-16-10-6-8-14-7-4-5-9-15(14)16/h4-10,23H,11H2,1-3H3,(H,22,25). The van der Waals surface area contributed by atoms with Crippen LogP contribution in [0.2, 0.25) is 0 Å². The average Bonchev–Trinajstić information content (AvgIpc) is 2.97. The average molecular weight is 364 g/mol. The van der Waals surface area contributed by atoms with Crippen molar-refractivity contribution in [3.05, 3.63) is 65.0 Å². The zero-order valence-corrected chi connectivity index (χ0v) is 15.4. The van der Waals surface area contributed by atoms with E-state index < -0.39 is 5.97 Å². The van der Waals surface area contributed by atoms with Crippen LogP contribution in [0.25, 0.3) is 10.8 Å². The molecule has 0 radical (unpaired) electrons. The van der Waals surface area contributed by atoms with Crippen LogP contribution in [-0.4, -0.2) is 29.8 Å². The number of anilines is 1. The summed E-state index contributed by atoms with van der Waals surface area (Å²) < 4.78 is 4.81. The number of nitrogens with one attached hydrogen (secondary N) is 2. The fourth-order valence-electron chi connectivity index (χ4n) is 3.21. The van der Waals surface area contributed by atoms with Gasteiger partial charge < -0.3 is 15.0 Å². The van der Waals surface area contributed by atoms with Crippen molar-refractivity contribution in [1.29, 1.82) is 0 Å². The Kier molecular flexibility index (Phi) is 5.07. The van der Waals surface area contributed by atoms with Crippen LogP contribution in [0.15, 0.2) is 42.5 Å². The molecule has 6 nitrogen and oxygen atoms in total. The minimum Gasteiger partial charge on any atom is -0.465 e. The van der Waals surface area contributed by atoms with Crippen LogP contribution >= 0.6 is 0 Å². The van der Waals surface area contributed by atoms with Gasteiger partial charge in [-0.3, -0.25) is 9.59 Å². The number of methoxy groups -OCH3 is 1. The first kappa shape index (κ1) is 18.4. The number of Topliss-reactive ketones (excluding diaryl/α,β-unsaturated/α-hetero) is 1. The van der Waals surface area contributed by atoms with Gasteiger partial charge in [0.1, 0.15) is 0 Å². The van der Waals surface area contributed by atoms with E-state index in [0.29, 0.717) is 22.6 Å². The molecular formula is C21H20N2O4. The zero-order valence-electron chi connectivity index (χ0n) is 15.4. The van der Waals surface area contributed by atoms with Crippen LogP contribution in [0.3, 0.4) is 0 Å². The number of esters is 1. The Morgan fingerprint density at radius 2 is 1.78 bits per heavy atom. The first-order valence-corrected chi connectivity index (χ1v) is 8.50. The topological polar surface area (TPSA) is 88.3 Å². The van der Waals surface area contributed by atoms with Gasteiger partial charge in [0, 0.05) is 23.7 Å². The van der Waals surface area contributed by atoms with Crippen LogP contribution < -0.4 is 5.32 Å². The predicted octanol–water partition coefficient (Wildman–Crippen LogP) is 3.65. The molecule has 1 amide bonds. The molecule has 0 atom stereocenters. The lowest BCUT2D eigenvalue weighted by atomic mass is 10.1. The highest BCUT2D eigenvalue weighted by molar-refractivity contribution is 6.05. The van der Waals surface area contributed by atoms with E-state index in [1.54, 1.807) is 6.92 Å². The van der Waals surface area contributed by atoms with Crippen molar-refractivity contribution in [2.45, 2.75) is 20.3 Å². The maximum Gasteiger partial charge on any atom is 0.339 e. The number of ketones is 1. The fourth-order valence-corrected chi connectivity index (χ4v) is 3.21. The van der Waals surface area contributed by atoms with Crippen LogP contribution in [0.5, 0.6) is 0 Å². The van der Waals surface area contributed by atoms with Crippen molar-refractivity contribution in [2.24, 2.45) is 0 Å². The smallest absolute Gasteiger partial charge is 0.339 e. The minimum absolute atomic E-state index is 0.0816. The van der Waals surface area contributed by atoms with Gasteiger partial charge in [0.25, 0.3) is 0 Å². The van der Waals surface area contributed by atoms with Crippen molar-refractivity contribution < 1.29 is 19.1 Å². The summed E-state index contributed by atoms with van der Waals surface area (Å²) in [6, 6.07) is 13.4. The van der Waals surface area contributed by atoms with Gasteiger partial charge in [0.05, 0.1) is 24.8 Å². The summed E-state index contributed by atoms with van der Waals surface area (Å²) in [6.07, 6.45) is -0.0816. The van der Waals surface area contributed by atoms with E-state index in [1.165, 1.54) is 14.0 Å². The van der Waals surface area contributed by atoms with E-state index in [1.807, 2.05) is 42.5 Å². The summed E-state index contributed by atoms with van der Waals surface area (Å²) in [6.45, 7) is 3.06. The number of aromatic nitrogens is 1. The number of fused-ring (bicyclic) bond motifs is 1. The van der Waals surface area contributed by atoms with Gasteiger partial charge in [0.2, 0.25) is 5.91 Å². The summed E-state index contributed by atoms with van der Waals surface area (Å²) in [5.41, 5.74) is 2.08. The number of aromatic amines is 1. The van der Waals surface area contributed by atoms with E-state index in [2.05, 4.69) is 10.3 Å². The lowest BCUT2D eigenvalue weighted by Gasteiger charge is -2.09. The molecule has 0 spiro atoms. The second-order valence-corrected chi connectivity index (χ2v) is 6.28. The molecule has 0 unspecified atom stereocenters. The molecule has 0 aliphatic rings. The molecule has 138 valence electrons. The second-order valence-electron chi connectivity index (χ2n) is 6.28. The largest absolute Gasteiger partial charge is 0.465 e. The van der Waals surface area contributed by atoms with Crippen LogP contribution in [0, 0.1) is 6.92 Å². The molecule has 1 heterocycles. The van der Waals surface area contributed by atoms with E-state index >= 15 is 0 Å². The Hall–Kier alpha value is -3.41. The predicted molar refractivity (Wildman–Crippen MR) is 103 cm³/mol. The first-order valence-electron chi connectivity index (χ1n) is 8.50. The molecule has 1 aromatic heterocycles. The Labute approximate surface area is 156 Å². The van der Waals surface area contributed by atoms with Gasteiger partial charge in [-0.2, -0.15) is 0 Å². The number of ether oxygens (including phenoxy) is 1. The Morgan fingerprint density at radius 1 is 1.07 bits per heavy atom. The number of carbonyl (C=O) groups excluding carboxylic acids is 3. The lowest BCUT2D eigenvalue weighted by Crippen LogP contribution is -2.17. The molecule has 0 fully saturated rings. The van der Waals surface area contributed by atoms with Crippen molar-refractivity contribution in [2.75, 3.05) is 12.4 Å². The normalized spacial score (nSPS) is 10.6. The van der Waals surface area contributed by atoms with E-state index in [4.69, 9.17) is 4.74 Å². The molecule has 0 saturated carbocycles. The highest BCUT2D eigenvalue weighted by Gasteiger charge is 2.24. The molecule has 3 rings (SSSR count). The summed E-state index contributed by atoms with van der Waals surface area (Å²) in [4.78, 5) is 39.4. The van der Waals surface area contributed by atoms with Crippen molar-refractivity contribution in [3.8, 4) is 0 Å². The van der Waals surface area contributed by atoms with E-state index in [-0.39, 0.29) is 23.7 Å². The third kappa shape index (κ3) is 3.60. The van der Waals surface area contributed by atoms with Crippen molar-refractivity contribution >= 4 is 34.1 Å². The summed E-state index contributed by atoms with van der Waals surface area (Å²) in [7, 11) is 1.27. The molecule has 0 aliphatic carbocycles.